The molecule has 0 radical (unpaired) electrons. The van der Waals surface area contributed by atoms with Crippen LogP contribution in [-0.4, -0.2) is 13.1 Å². The Morgan fingerprint density at radius 3 is 1.58 bits per heavy atom. The van der Waals surface area contributed by atoms with E-state index in [-0.39, 0.29) is 0 Å². The van der Waals surface area contributed by atoms with Crippen LogP contribution in [0, 0.1) is 5.41 Å². The van der Waals surface area contributed by atoms with Crippen LogP contribution in [0.15, 0.2) is 12.2 Å². The summed E-state index contributed by atoms with van der Waals surface area (Å²) in [6, 6.07) is 0. The van der Waals surface area contributed by atoms with E-state index in [2.05, 4.69) is 39.6 Å². The quantitative estimate of drug-likeness (QED) is 0.550. The molecule has 12 heavy (non-hydrogen) atoms. The van der Waals surface area contributed by atoms with Crippen molar-refractivity contribution in [3.8, 4) is 0 Å². The summed E-state index contributed by atoms with van der Waals surface area (Å²) in [6.45, 7) is 14.9. The predicted molar refractivity (Wildman–Crippen MR) is 56.4 cm³/mol. The fourth-order valence-corrected chi connectivity index (χ4v) is 0.780. The van der Waals surface area contributed by atoms with E-state index >= 15 is 0 Å². The molecule has 1 aliphatic heterocycles. The number of rotatable bonds is 0. The number of hydrogen-bond acceptors (Lipinski definition) is 1. The zero-order valence-corrected chi connectivity index (χ0v) is 9.04. The first-order valence-corrected chi connectivity index (χ1v) is 4.77. The number of nitrogens with one attached hydrogen (secondary N) is 1. The molecule has 0 aromatic heterocycles. The van der Waals surface area contributed by atoms with Gasteiger partial charge in [0.05, 0.1) is 0 Å². The SMILES string of the molecule is C=C1CCNCC1.CC(C)(C)C. The van der Waals surface area contributed by atoms with Gasteiger partial charge in [0.2, 0.25) is 0 Å². The fourth-order valence-electron chi connectivity index (χ4n) is 0.780. The predicted octanol–water partition coefficient (Wildman–Crippen LogP) is 2.98. The van der Waals surface area contributed by atoms with Crippen molar-refractivity contribution >= 4 is 0 Å². The fraction of sp³-hybridized carbons (Fsp3) is 0.818. The second kappa shape index (κ2) is 5.36. The largest absolute Gasteiger partial charge is 0.316 e. The minimum absolute atomic E-state index is 0.500. The van der Waals surface area contributed by atoms with Gasteiger partial charge >= 0.3 is 0 Å². The van der Waals surface area contributed by atoms with Gasteiger partial charge in [0.25, 0.3) is 0 Å². The van der Waals surface area contributed by atoms with E-state index in [0.717, 1.165) is 13.1 Å². The van der Waals surface area contributed by atoms with Gasteiger partial charge in [0, 0.05) is 0 Å². The molecule has 1 saturated heterocycles. The molecule has 1 heterocycles. The van der Waals surface area contributed by atoms with Crippen molar-refractivity contribution in [2.24, 2.45) is 5.41 Å². The van der Waals surface area contributed by atoms with E-state index in [9.17, 15) is 0 Å². The summed E-state index contributed by atoms with van der Waals surface area (Å²) in [5.74, 6) is 0. The minimum atomic E-state index is 0.500. The Morgan fingerprint density at radius 2 is 1.42 bits per heavy atom. The summed E-state index contributed by atoms with van der Waals surface area (Å²) < 4.78 is 0. The van der Waals surface area contributed by atoms with Gasteiger partial charge in [0.1, 0.15) is 0 Å². The molecule has 0 aromatic rings. The van der Waals surface area contributed by atoms with E-state index in [1.165, 1.54) is 18.4 Å². The average molecular weight is 169 g/mol. The van der Waals surface area contributed by atoms with Crippen LogP contribution in [0.25, 0.3) is 0 Å². The second-order valence-corrected chi connectivity index (χ2v) is 5.00. The minimum Gasteiger partial charge on any atom is -0.316 e. The first kappa shape index (κ1) is 11.7. The van der Waals surface area contributed by atoms with Crippen LogP contribution in [0.1, 0.15) is 40.5 Å². The van der Waals surface area contributed by atoms with Crippen LogP contribution in [0.4, 0.5) is 0 Å². The molecule has 0 saturated carbocycles. The Labute approximate surface area is 77.2 Å². The van der Waals surface area contributed by atoms with Crippen LogP contribution in [-0.2, 0) is 0 Å². The van der Waals surface area contributed by atoms with Gasteiger partial charge in [-0.3, -0.25) is 0 Å². The zero-order chi connectivity index (χ0) is 9.61. The average Bonchev–Trinajstić information content (AvgIpc) is 1.85. The van der Waals surface area contributed by atoms with Crippen molar-refractivity contribution in [3.05, 3.63) is 12.2 Å². The van der Waals surface area contributed by atoms with E-state index < -0.39 is 0 Å². The van der Waals surface area contributed by atoms with Gasteiger partial charge in [-0.05, 0) is 31.3 Å². The molecule has 1 aliphatic rings. The standard InChI is InChI=1S/C6H11N.C5H12/c1-6-2-4-7-5-3-6;1-5(2,3)4/h7H,1-5H2;1-4H3. The highest BCUT2D eigenvalue weighted by Crippen LogP contribution is 2.08. The van der Waals surface area contributed by atoms with Crippen LogP contribution >= 0.6 is 0 Å². The van der Waals surface area contributed by atoms with E-state index in [1.54, 1.807) is 0 Å². The molecule has 1 fully saturated rings. The maximum Gasteiger partial charge on any atom is -0.00116 e. The highest BCUT2D eigenvalue weighted by Gasteiger charge is 1.99. The van der Waals surface area contributed by atoms with Crippen molar-refractivity contribution in [1.29, 1.82) is 0 Å². The molecular weight excluding hydrogens is 146 g/mol. The second-order valence-electron chi connectivity index (χ2n) is 5.00. The summed E-state index contributed by atoms with van der Waals surface area (Å²) in [4.78, 5) is 0. The lowest BCUT2D eigenvalue weighted by Crippen LogP contribution is -2.22. The highest BCUT2D eigenvalue weighted by atomic mass is 14.9. The van der Waals surface area contributed by atoms with Crippen molar-refractivity contribution in [3.63, 3.8) is 0 Å². The molecule has 0 spiro atoms. The third-order valence-electron chi connectivity index (χ3n) is 1.31. The molecule has 0 bridgehead atoms. The molecule has 0 aromatic carbocycles. The van der Waals surface area contributed by atoms with Gasteiger partial charge in [-0.1, -0.05) is 39.8 Å². The molecule has 0 aliphatic carbocycles. The monoisotopic (exact) mass is 169 g/mol. The molecule has 1 nitrogen and oxygen atoms in total. The maximum atomic E-state index is 3.87. The Bertz CT molecular complexity index is 116. The summed E-state index contributed by atoms with van der Waals surface area (Å²) in [5, 5.41) is 3.25. The molecule has 0 unspecified atom stereocenters. The number of piperidine rings is 1. The molecule has 1 N–H and O–H groups in total. The van der Waals surface area contributed by atoms with Gasteiger partial charge in [-0.2, -0.15) is 0 Å². The molecule has 72 valence electrons. The van der Waals surface area contributed by atoms with Crippen LogP contribution in [0.5, 0.6) is 0 Å². The topological polar surface area (TPSA) is 12.0 Å². The molecule has 0 amide bonds. The summed E-state index contributed by atoms with van der Waals surface area (Å²) in [7, 11) is 0. The van der Waals surface area contributed by atoms with Gasteiger partial charge in [-0.25, -0.2) is 0 Å². The molecule has 0 atom stereocenters. The first-order chi connectivity index (χ1) is 5.39. The van der Waals surface area contributed by atoms with E-state index in [4.69, 9.17) is 0 Å². The zero-order valence-electron chi connectivity index (χ0n) is 9.04. The van der Waals surface area contributed by atoms with E-state index in [1.807, 2.05) is 0 Å². The Morgan fingerprint density at radius 1 is 1.08 bits per heavy atom. The van der Waals surface area contributed by atoms with Crippen molar-refractivity contribution in [2.75, 3.05) is 13.1 Å². The number of hydrogen-bond donors (Lipinski definition) is 1. The van der Waals surface area contributed by atoms with Crippen LogP contribution < -0.4 is 5.32 Å². The maximum absolute atomic E-state index is 3.87. The summed E-state index contributed by atoms with van der Waals surface area (Å²) in [6.07, 6.45) is 2.36. The third kappa shape index (κ3) is 12.4. The smallest absolute Gasteiger partial charge is 0.00116 e. The van der Waals surface area contributed by atoms with Crippen LogP contribution in [0.2, 0.25) is 0 Å². The van der Waals surface area contributed by atoms with Crippen LogP contribution in [0.3, 0.4) is 0 Å². The third-order valence-corrected chi connectivity index (χ3v) is 1.31. The normalized spacial score (nSPS) is 18.2. The highest BCUT2D eigenvalue weighted by molar-refractivity contribution is 4.97. The van der Waals surface area contributed by atoms with Gasteiger partial charge in [-0.15, -0.1) is 0 Å². The lowest BCUT2D eigenvalue weighted by molar-refractivity contribution is 0.469. The summed E-state index contributed by atoms with van der Waals surface area (Å²) >= 11 is 0. The van der Waals surface area contributed by atoms with Gasteiger partial charge in [0.15, 0.2) is 0 Å². The van der Waals surface area contributed by atoms with Crippen molar-refractivity contribution < 1.29 is 0 Å². The molecular formula is C11H23N. The molecule has 1 heteroatoms. The van der Waals surface area contributed by atoms with Gasteiger partial charge < -0.3 is 5.32 Å². The lowest BCUT2D eigenvalue weighted by atomic mass is 10.0. The Balaban J connectivity index is 0.000000217. The summed E-state index contributed by atoms with van der Waals surface area (Å²) in [5.41, 5.74) is 1.90. The molecule has 1 rings (SSSR count). The lowest BCUT2D eigenvalue weighted by Gasteiger charge is -2.12. The van der Waals surface area contributed by atoms with Crippen molar-refractivity contribution in [2.45, 2.75) is 40.5 Å². The van der Waals surface area contributed by atoms with E-state index in [0.29, 0.717) is 5.41 Å². The Hall–Kier alpha value is -0.300. The Kier molecular flexibility index (Phi) is 5.23. The van der Waals surface area contributed by atoms with Crippen molar-refractivity contribution in [1.82, 2.24) is 5.32 Å². The first-order valence-electron chi connectivity index (χ1n) is 4.77.